The van der Waals surface area contributed by atoms with Crippen LogP contribution in [0.1, 0.15) is 48.8 Å². The third-order valence-corrected chi connectivity index (χ3v) is 5.64. The number of aryl methyl sites for hydroxylation is 1. The van der Waals surface area contributed by atoms with Crippen molar-refractivity contribution in [2.24, 2.45) is 0 Å². The molecule has 2 aromatic rings. The molecule has 2 fully saturated rings. The van der Waals surface area contributed by atoms with Crippen LogP contribution in [-0.4, -0.2) is 62.0 Å². The van der Waals surface area contributed by atoms with Crippen molar-refractivity contribution in [3.8, 4) is 0 Å². The minimum absolute atomic E-state index is 0.149. The predicted octanol–water partition coefficient (Wildman–Crippen LogP) is 2.13. The molecule has 2 aromatic heterocycles. The Morgan fingerprint density at radius 1 is 1.17 bits per heavy atom. The summed E-state index contributed by atoms with van der Waals surface area (Å²) in [7, 11) is 0. The van der Waals surface area contributed by atoms with Crippen molar-refractivity contribution in [3.05, 3.63) is 29.7 Å². The number of aromatic nitrogens is 3. The monoisotopic (exact) mass is 327 g/mol. The van der Waals surface area contributed by atoms with E-state index in [9.17, 15) is 4.79 Å². The van der Waals surface area contributed by atoms with E-state index in [1.54, 1.807) is 0 Å². The quantitative estimate of drug-likeness (QED) is 0.866. The highest BCUT2D eigenvalue weighted by molar-refractivity contribution is 5.94. The first-order valence-corrected chi connectivity index (χ1v) is 9.05. The Labute approximate surface area is 142 Å². The average molecular weight is 327 g/mol. The van der Waals surface area contributed by atoms with Crippen molar-refractivity contribution in [1.82, 2.24) is 24.4 Å². The zero-order valence-corrected chi connectivity index (χ0v) is 14.5. The lowest BCUT2D eigenvalue weighted by atomic mass is 10.0. The van der Waals surface area contributed by atoms with E-state index >= 15 is 0 Å². The normalized spacial score (nSPS) is 25.0. The fraction of sp³-hybridized carbons (Fsp3) is 0.611. The molecule has 2 aliphatic rings. The molecule has 1 amide bonds. The van der Waals surface area contributed by atoms with Gasteiger partial charge in [0.05, 0.1) is 5.56 Å². The molecule has 128 valence electrons. The zero-order valence-electron chi connectivity index (χ0n) is 14.5. The number of fused-ring (bicyclic) bond motifs is 1. The molecule has 2 atom stereocenters. The Bertz CT molecular complexity index is 755. The summed E-state index contributed by atoms with van der Waals surface area (Å²) in [6, 6.07) is 4.65. The molecule has 0 unspecified atom stereocenters. The first-order chi connectivity index (χ1) is 11.7. The predicted molar refractivity (Wildman–Crippen MR) is 92.1 cm³/mol. The summed E-state index contributed by atoms with van der Waals surface area (Å²) in [4.78, 5) is 17.8. The van der Waals surface area contributed by atoms with Gasteiger partial charge in [0.25, 0.3) is 5.91 Å². The van der Waals surface area contributed by atoms with Gasteiger partial charge in [0.2, 0.25) is 0 Å². The number of carbonyl (C=O) groups is 1. The topological polar surface area (TPSA) is 53.7 Å². The number of hydrogen-bond donors (Lipinski definition) is 0. The molecule has 2 saturated heterocycles. The number of likely N-dealkylation sites (N-methyl/N-ethyl adjacent to an activating group) is 1. The molecular weight excluding hydrogens is 302 g/mol. The van der Waals surface area contributed by atoms with Gasteiger partial charge in [-0.15, -0.1) is 10.2 Å². The molecular formula is C18H25N5O. The highest BCUT2D eigenvalue weighted by atomic mass is 16.2. The SMILES string of the molecule is CCN1CCC[C@@H]1[C@H]1CCCN1C(=O)c1ccc2nnc(C)n2c1. The van der Waals surface area contributed by atoms with Crippen molar-refractivity contribution in [2.45, 2.75) is 51.6 Å². The molecule has 24 heavy (non-hydrogen) atoms. The van der Waals surface area contributed by atoms with Crippen LogP contribution in [-0.2, 0) is 0 Å². The molecule has 0 bridgehead atoms. The summed E-state index contributed by atoms with van der Waals surface area (Å²) in [5, 5.41) is 8.17. The van der Waals surface area contributed by atoms with Crippen molar-refractivity contribution < 1.29 is 4.79 Å². The lowest BCUT2D eigenvalue weighted by Gasteiger charge is -2.34. The van der Waals surface area contributed by atoms with Gasteiger partial charge >= 0.3 is 0 Å². The third-order valence-electron chi connectivity index (χ3n) is 5.64. The summed E-state index contributed by atoms with van der Waals surface area (Å²) >= 11 is 0. The van der Waals surface area contributed by atoms with E-state index in [2.05, 4.69) is 26.9 Å². The van der Waals surface area contributed by atoms with Crippen LogP contribution in [0, 0.1) is 6.92 Å². The van der Waals surface area contributed by atoms with Crippen LogP contribution in [0.4, 0.5) is 0 Å². The van der Waals surface area contributed by atoms with Gasteiger partial charge < -0.3 is 4.90 Å². The van der Waals surface area contributed by atoms with Crippen LogP contribution in [0.3, 0.4) is 0 Å². The second kappa shape index (κ2) is 6.16. The lowest BCUT2D eigenvalue weighted by molar-refractivity contribution is 0.0649. The number of nitrogens with zero attached hydrogens (tertiary/aromatic N) is 5. The Balaban J connectivity index is 1.61. The summed E-state index contributed by atoms with van der Waals surface area (Å²) < 4.78 is 1.90. The van der Waals surface area contributed by atoms with Crippen LogP contribution in [0.15, 0.2) is 18.3 Å². The van der Waals surface area contributed by atoms with Gasteiger partial charge in [-0.25, -0.2) is 0 Å². The molecule has 0 N–H and O–H groups in total. The standard InChI is InChI=1S/C18H25N5O/c1-3-21-10-4-6-15(21)16-7-5-11-22(16)18(24)14-8-9-17-20-19-13(2)23(17)12-14/h8-9,12,15-16H,3-7,10-11H2,1-2H3/t15-,16-/m1/s1. The first-order valence-electron chi connectivity index (χ1n) is 9.05. The molecule has 0 radical (unpaired) electrons. The zero-order chi connectivity index (χ0) is 16.7. The highest BCUT2D eigenvalue weighted by Crippen LogP contribution is 2.30. The fourth-order valence-corrected chi connectivity index (χ4v) is 4.42. The fourth-order valence-electron chi connectivity index (χ4n) is 4.42. The second-order valence-electron chi connectivity index (χ2n) is 6.94. The molecule has 4 rings (SSSR count). The van der Waals surface area contributed by atoms with E-state index in [0.717, 1.165) is 43.0 Å². The third kappa shape index (κ3) is 2.49. The minimum Gasteiger partial charge on any atom is -0.334 e. The summed E-state index contributed by atoms with van der Waals surface area (Å²) in [5.41, 5.74) is 1.52. The van der Waals surface area contributed by atoms with Crippen LogP contribution in [0.5, 0.6) is 0 Å². The Morgan fingerprint density at radius 2 is 1.96 bits per heavy atom. The number of likely N-dealkylation sites (tertiary alicyclic amines) is 2. The number of hydrogen-bond acceptors (Lipinski definition) is 4. The van der Waals surface area contributed by atoms with E-state index in [0.29, 0.717) is 12.1 Å². The van der Waals surface area contributed by atoms with Gasteiger partial charge in [0, 0.05) is 24.8 Å². The second-order valence-corrected chi connectivity index (χ2v) is 6.94. The maximum atomic E-state index is 13.1. The summed E-state index contributed by atoms with van der Waals surface area (Å²) in [5.74, 6) is 0.959. The molecule has 0 aliphatic carbocycles. The van der Waals surface area contributed by atoms with Gasteiger partial charge in [-0.2, -0.15) is 0 Å². The van der Waals surface area contributed by atoms with Crippen LogP contribution in [0.25, 0.3) is 5.65 Å². The van der Waals surface area contributed by atoms with Crippen molar-refractivity contribution in [3.63, 3.8) is 0 Å². The largest absolute Gasteiger partial charge is 0.334 e. The molecule has 6 heteroatoms. The number of amides is 1. The van der Waals surface area contributed by atoms with E-state index in [1.807, 2.05) is 29.7 Å². The van der Waals surface area contributed by atoms with E-state index in [-0.39, 0.29) is 5.91 Å². The van der Waals surface area contributed by atoms with Crippen molar-refractivity contribution in [2.75, 3.05) is 19.6 Å². The number of carbonyl (C=O) groups excluding carboxylic acids is 1. The van der Waals surface area contributed by atoms with Crippen LogP contribution >= 0.6 is 0 Å². The molecule has 0 saturated carbocycles. The van der Waals surface area contributed by atoms with Gasteiger partial charge in [0.15, 0.2) is 5.65 Å². The summed E-state index contributed by atoms with van der Waals surface area (Å²) in [6.45, 7) is 7.25. The number of pyridine rings is 1. The number of rotatable bonds is 3. The first kappa shape index (κ1) is 15.6. The molecule has 0 spiro atoms. The van der Waals surface area contributed by atoms with Gasteiger partial charge in [-0.3, -0.25) is 14.1 Å². The van der Waals surface area contributed by atoms with Gasteiger partial charge in [-0.1, -0.05) is 6.92 Å². The maximum absolute atomic E-state index is 13.1. The van der Waals surface area contributed by atoms with E-state index in [4.69, 9.17) is 0 Å². The summed E-state index contributed by atoms with van der Waals surface area (Å²) in [6.07, 6.45) is 6.59. The molecule has 6 nitrogen and oxygen atoms in total. The highest BCUT2D eigenvalue weighted by Gasteiger charge is 2.39. The van der Waals surface area contributed by atoms with Crippen molar-refractivity contribution >= 4 is 11.6 Å². The van der Waals surface area contributed by atoms with E-state index < -0.39 is 0 Å². The Kier molecular flexibility index (Phi) is 4.00. The van der Waals surface area contributed by atoms with Crippen LogP contribution < -0.4 is 0 Å². The molecule has 4 heterocycles. The van der Waals surface area contributed by atoms with Gasteiger partial charge in [0.1, 0.15) is 5.82 Å². The molecule has 2 aliphatic heterocycles. The van der Waals surface area contributed by atoms with Crippen molar-refractivity contribution in [1.29, 1.82) is 0 Å². The minimum atomic E-state index is 0.149. The Morgan fingerprint density at radius 3 is 2.79 bits per heavy atom. The van der Waals surface area contributed by atoms with E-state index in [1.165, 1.54) is 19.4 Å². The lowest BCUT2D eigenvalue weighted by Crippen LogP contribution is -2.48. The average Bonchev–Trinajstić information content (AvgIpc) is 3.33. The maximum Gasteiger partial charge on any atom is 0.255 e. The molecule has 0 aromatic carbocycles. The Hall–Kier alpha value is -1.95. The van der Waals surface area contributed by atoms with Gasteiger partial charge in [-0.05, 0) is 57.8 Å². The smallest absolute Gasteiger partial charge is 0.255 e. The van der Waals surface area contributed by atoms with Crippen LogP contribution in [0.2, 0.25) is 0 Å².